The lowest BCUT2D eigenvalue weighted by atomic mass is 9.95. The summed E-state index contributed by atoms with van der Waals surface area (Å²) in [6.07, 6.45) is 0.405. The van der Waals surface area contributed by atoms with Gasteiger partial charge in [-0.15, -0.1) is 0 Å². The van der Waals surface area contributed by atoms with Crippen molar-refractivity contribution < 1.29 is 18.8 Å². The number of aryl methyl sites for hydroxylation is 1. The molecule has 2 aromatic rings. The molecule has 24 heavy (non-hydrogen) atoms. The van der Waals surface area contributed by atoms with Crippen LogP contribution >= 0.6 is 0 Å². The number of oxime groups is 1. The maximum absolute atomic E-state index is 12.5. The van der Waals surface area contributed by atoms with Gasteiger partial charge in [-0.1, -0.05) is 5.16 Å². The van der Waals surface area contributed by atoms with Crippen LogP contribution in [0.3, 0.4) is 0 Å². The van der Waals surface area contributed by atoms with Crippen molar-refractivity contribution in [2.75, 3.05) is 7.11 Å². The van der Waals surface area contributed by atoms with Gasteiger partial charge in [0.2, 0.25) is 5.60 Å². The summed E-state index contributed by atoms with van der Waals surface area (Å²) in [7, 11) is 1.62. The molecule has 1 aliphatic rings. The summed E-state index contributed by atoms with van der Waals surface area (Å²) in [6.45, 7) is 3.92. The zero-order valence-corrected chi connectivity index (χ0v) is 14.0. The van der Waals surface area contributed by atoms with Gasteiger partial charge < -0.3 is 19.3 Å². The summed E-state index contributed by atoms with van der Waals surface area (Å²) >= 11 is 0. The summed E-state index contributed by atoms with van der Waals surface area (Å²) in [5, 5.41) is 6.92. The average molecular weight is 328 g/mol. The molecule has 6 nitrogen and oxygen atoms in total. The van der Waals surface area contributed by atoms with E-state index in [-0.39, 0.29) is 5.91 Å². The molecule has 0 saturated carbocycles. The fraction of sp³-hybridized carbons (Fsp3) is 0.333. The van der Waals surface area contributed by atoms with Crippen molar-refractivity contribution in [1.82, 2.24) is 5.32 Å². The SMILES string of the molecule is COc1ccc(C2=NO[C@](C)(C(=O)NCc3ccc(C)o3)C2)cc1. The van der Waals surface area contributed by atoms with Crippen LogP contribution in [0.25, 0.3) is 0 Å². The predicted molar refractivity (Wildman–Crippen MR) is 88.9 cm³/mol. The minimum Gasteiger partial charge on any atom is -0.497 e. The van der Waals surface area contributed by atoms with Crippen LogP contribution in [-0.2, 0) is 16.2 Å². The number of furan rings is 1. The maximum atomic E-state index is 12.5. The number of hydrogen-bond donors (Lipinski definition) is 1. The number of ether oxygens (including phenoxy) is 1. The van der Waals surface area contributed by atoms with E-state index in [1.807, 2.05) is 43.3 Å². The second-order valence-corrected chi connectivity index (χ2v) is 5.96. The highest BCUT2D eigenvalue weighted by atomic mass is 16.7. The van der Waals surface area contributed by atoms with Gasteiger partial charge in [0.15, 0.2) is 0 Å². The van der Waals surface area contributed by atoms with Gasteiger partial charge >= 0.3 is 0 Å². The molecule has 3 rings (SSSR count). The normalized spacial score (nSPS) is 19.5. The van der Waals surface area contributed by atoms with E-state index in [0.29, 0.717) is 18.7 Å². The van der Waals surface area contributed by atoms with Crippen LogP contribution in [0.4, 0.5) is 0 Å². The highest BCUT2D eigenvalue weighted by molar-refractivity contribution is 6.05. The minimum atomic E-state index is -1.02. The number of nitrogens with zero attached hydrogens (tertiary/aromatic N) is 1. The molecule has 0 bridgehead atoms. The fourth-order valence-corrected chi connectivity index (χ4v) is 2.53. The molecule has 1 aromatic heterocycles. The molecule has 126 valence electrons. The van der Waals surface area contributed by atoms with E-state index >= 15 is 0 Å². The third kappa shape index (κ3) is 3.27. The first kappa shape index (κ1) is 16.1. The lowest BCUT2D eigenvalue weighted by Gasteiger charge is -2.20. The molecule has 1 atom stereocenters. The molecule has 0 aliphatic carbocycles. The van der Waals surface area contributed by atoms with Gasteiger partial charge in [0.25, 0.3) is 5.91 Å². The lowest BCUT2D eigenvalue weighted by Crippen LogP contribution is -2.44. The Morgan fingerprint density at radius 2 is 2.04 bits per heavy atom. The highest BCUT2D eigenvalue weighted by Gasteiger charge is 2.42. The quantitative estimate of drug-likeness (QED) is 0.916. The van der Waals surface area contributed by atoms with E-state index in [1.165, 1.54) is 0 Å². The number of hydrogen-bond acceptors (Lipinski definition) is 5. The Hall–Kier alpha value is -2.76. The van der Waals surface area contributed by atoms with Crippen LogP contribution in [0, 0.1) is 6.92 Å². The van der Waals surface area contributed by atoms with Gasteiger partial charge in [0, 0.05) is 6.42 Å². The monoisotopic (exact) mass is 328 g/mol. The van der Waals surface area contributed by atoms with Crippen LogP contribution in [0.5, 0.6) is 5.75 Å². The second-order valence-electron chi connectivity index (χ2n) is 5.96. The first-order chi connectivity index (χ1) is 11.5. The standard InChI is InChI=1S/C18H20N2O4/c1-12-4-7-15(23-12)11-19-17(21)18(2)10-16(20-24-18)13-5-8-14(22-3)9-6-13/h4-9H,10-11H2,1-3H3,(H,19,21)/t18-/m0/s1. The summed E-state index contributed by atoms with van der Waals surface area (Å²) in [4.78, 5) is 17.9. The molecule has 1 N–H and O–H groups in total. The van der Waals surface area contributed by atoms with Gasteiger partial charge in [0.1, 0.15) is 17.3 Å². The Morgan fingerprint density at radius 1 is 1.29 bits per heavy atom. The molecule has 0 saturated heterocycles. The lowest BCUT2D eigenvalue weighted by molar-refractivity contribution is -0.142. The van der Waals surface area contributed by atoms with Crippen molar-refractivity contribution in [3.8, 4) is 5.75 Å². The van der Waals surface area contributed by atoms with Crippen molar-refractivity contribution in [3.05, 3.63) is 53.5 Å². The second kappa shape index (κ2) is 6.39. The van der Waals surface area contributed by atoms with Crippen LogP contribution < -0.4 is 10.1 Å². The summed E-state index contributed by atoms with van der Waals surface area (Å²) in [6, 6.07) is 11.2. The molecule has 0 fully saturated rings. The van der Waals surface area contributed by atoms with Crippen molar-refractivity contribution in [1.29, 1.82) is 0 Å². The molecular formula is C18H20N2O4. The zero-order chi connectivity index (χ0) is 17.2. The molecular weight excluding hydrogens is 308 g/mol. The number of carbonyl (C=O) groups is 1. The first-order valence-electron chi connectivity index (χ1n) is 7.73. The van der Waals surface area contributed by atoms with Crippen molar-refractivity contribution >= 4 is 11.6 Å². The Kier molecular flexibility index (Phi) is 4.29. The van der Waals surface area contributed by atoms with Crippen molar-refractivity contribution in [2.45, 2.75) is 32.4 Å². The molecule has 0 spiro atoms. The molecule has 1 aromatic carbocycles. The van der Waals surface area contributed by atoms with Gasteiger partial charge in [-0.2, -0.15) is 0 Å². The number of carbonyl (C=O) groups excluding carboxylic acids is 1. The van der Waals surface area contributed by atoms with Gasteiger partial charge in [-0.25, -0.2) is 0 Å². The van der Waals surface area contributed by atoms with Crippen LogP contribution in [0.2, 0.25) is 0 Å². The van der Waals surface area contributed by atoms with Gasteiger partial charge in [0.05, 0.1) is 19.4 Å². The zero-order valence-electron chi connectivity index (χ0n) is 14.0. The third-order valence-corrected chi connectivity index (χ3v) is 3.98. The highest BCUT2D eigenvalue weighted by Crippen LogP contribution is 2.27. The third-order valence-electron chi connectivity index (χ3n) is 3.98. The molecule has 0 unspecified atom stereocenters. The predicted octanol–water partition coefficient (Wildman–Crippen LogP) is 2.80. The number of amides is 1. The van der Waals surface area contributed by atoms with E-state index in [0.717, 1.165) is 22.8 Å². The summed E-state index contributed by atoms with van der Waals surface area (Å²) in [5.74, 6) is 2.07. The van der Waals surface area contributed by atoms with Gasteiger partial charge in [-0.05, 0) is 55.8 Å². The largest absolute Gasteiger partial charge is 0.497 e. The molecule has 0 radical (unpaired) electrons. The van der Waals surface area contributed by atoms with E-state index in [2.05, 4.69) is 10.5 Å². The number of methoxy groups -OCH3 is 1. The van der Waals surface area contributed by atoms with E-state index in [9.17, 15) is 4.79 Å². The Morgan fingerprint density at radius 3 is 2.67 bits per heavy atom. The Bertz CT molecular complexity index is 764. The smallest absolute Gasteiger partial charge is 0.267 e. The number of rotatable bonds is 5. The molecule has 1 amide bonds. The molecule has 6 heteroatoms. The van der Waals surface area contributed by atoms with Crippen LogP contribution in [-0.4, -0.2) is 24.3 Å². The summed E-state index contributed by atoms with van der Waals surface area (Å²) < 4.78 is 10.6. The summed E-state index contributed by atoms with van der Waals surface area (Å²) in [5.41, 5.74) is 0.634. The van der Waals surface area contributed by atoms with E-state index in [1.54, 1.807) is 14.0 Å². The Balaban J connectivity index is 1.61. The first-order valence-corrected chi connectivity index (χ1v) is 7.73. The minimum absolute atomic E-state index is 0.219. The van der Waals surface area contributed by atoms with E-state index in [4.69, 9.17) is 14.0 Å². The Labute approximate surface area is 140 Å². The van der Waals surface area contributed by atoms with Gasteiger partial charge in [-0.3, -0.25) is 4.79 Å². The van der Waals surface area contributed by atoms with Crippen LogP contribution in [0.15, 0.2) is 46.0 Å². The van der Waals surface area contributed by atoms with E-state index < -0.39 is 5.60 Å². The molecule has 1 aliphatic heterocycles. The number of benzene rings is 1. The van der Waals surface area contributed by atoms with Crippen molar-refractivity contribution in [3.63, 3.8) is 0 Å². The topological polar surface area (TPSA) is 73.1 Å². The number of nitrogens with one attached hydrogen (secondary N) is 1. The average Bonchev–Trinajstić information content (AvgIpc) is 3.19. The molecule has 2 heterocycles. The van der Waals surface area contributed by atoms with Crippen LogP contribution in [0.1, 0.15) is 30.4 Å². The van der Waals surface area contributed by atoms with Crippen molar-refractivity contribution in [2.24, 2.45) is 5.16 Å². The fourth-order valence-electron chi connectivity index (χ4n) is 2.53. The maximum Gasteiger partial charge on any atom is 0.267 e.